The molecule has 0 aliphatic carbocycles. The van der Waals surface area contributed by atoms with E-state index in [1.165, 1.54) is 0 Å². The highest BCUT2D eigenvalue weighted by atomic mass is 16.6. The monoisotopic (exact) mass is 381 g/mol. The highest BCUT2D eigenvalue weighted by Gasteiger charge is 2.22. The molecule has 0 amide bonds. The molecular weight excluding hydrogens is 358 g/mol. The Hall–Kier alpha value is -3.09. The van der Waals surface area contributed by atoms with Crippen molar-refractivity contribution in [2.75, 3.05) is 13.2 Å². The van der Waals surface area contributed by atoms with E-state index in [0.717, 1.165) is 28.3 Å². The molecule has 0 N–H and O–H groups in total. The van der Waals surface area contributed by atoms with E-state index >= 15 is 0 Å². The van der Waals surface area contributed by atoms with Crippen molar-refractivity contribution in [3.05, 3.63) is 53.0 Å². The fourth-order valence-electron chi connectivity index (χ4n) is 3.43. The van der Waals surface area contributed by atoms with Crippen LogP contribution in [0.5, 0.6) is 11.5 Å². The summed E-state index contributed by atoms with van der Waals surface area (Å²) in [6, 6.07) is 9.42. The van der Waals surface area contributed by atoms with Crippen LogP contribution in [0.25, 0.3) is 5.65 Å². The van der Waals surface area contributed by atoms with Gasteiger partial charge < -0.3 is 14.2 Å². The van der Waals surface area contributed by atoms with Crippen molar-refractivity contribution < 1.29 is 19.0 Å². The molecular formula is C21H23N3O4. The number of aromatic nitrogens is 3. The summed E-state index contributed by atoms with van der Waals surface area (Å²) in [7, 11) is 0. The van der Waals surface area contributed by atoms with E-state index in [1.54, 1.807) is 0 Å². The Morgan fingerprint density at radius 1 is 1.25 bits per heavy atom. The molecule has 0 bridgehead atoms. The number of carbonyl (C=O) groups is 1. The van der Waals surface area contributed by atoms with Crippen LogP contribution in [0, 0.1) is 20.8 Å². The minimum atomic E-state index is -0.299. The minimum Gasteiger partial charge on any atom is -0.486 e. The number of aryl methyl sites for hydroxylation is 3. The molecule has 3 heterocycles. The third-order valence-corrected chi connectivity index (χ3v) is 4.86. The fraction of sp³-hybridized carbons (Fsp3) is 0.381. The Morgan fingerprint density at radius 3 is 2.86 bits per heavy atom. The van der Waals surface area contributed by atoms with Gasteiger partial charge in [-0.05, 0) is 44.9 Å². The Bertz CT molecular complexity index is 1030. The highest BCUT2D eigenvalue weighted by Crippen LogP contribution is 2.30. The van der Waals surface area contributed by atoms with Gasteiger partial charge in [0.1, 0.15) is 13.2 Å². The van der Waals surface area contributed by atoms with Crippen molar-refractivity contribution in [3.63, 3.8) is 0 Å². The van der Waals surface area contributed by atoms with Crippen LogP contribution in [0.2, 0.25) is 0 Å². The van der Waals surface area contributed by atoms with Crippen LogP contribution in [0.15, 0.2) is 30.3 Å². The smallest absolute Gasteiger partial charge is 0.306 e. The summed E-state index contributed by atoms with van der Waals surface area (Å²) in [6.45, 7) is 6.43. The summed E-state index contributed by atoms with van der Waals surface area (Å²) in [5, 5.41) is 4.47. The van der Waals surface area contributed by atoms with Crippen LogP contribution in [-0.4, -0.2) is 39.9 Å². The van der Waals surface area contributed by atoms with E-state index in [9.17, 15) is 4.79 Å². The van der Waals surface area contributed by atoms with Gasteiger partial charge in [-0.2, -0.15) is 5.10 Å². The van der Waals surface area contributed by atoms with Crippen LogP contribution in [0.4, 0.5) is 0 Å². The first-order chi connectivity index (χ1) is 13.5. The Morgan fingerprint density at radius 2 is 2.04 bits per heavy atom. The lowest BCUT2D eigenvalue weighted by molar-refractivity contribution is -0.146. The standard InChI is InChI=1S/C21H23N3O4/c1-13-10-20-22-14(2)17(15(3)24(20)23-13)8-9-21(25)27-12-16-11-26-18-6-4-5-7-19(18)28-16/h4-7,10,16H,8-9,11-12H2,1-3H3. The van der Waals surface area contributed by atoms with E-state index in [-0.39, 0.29) is 25.1 Å². The largest absolute Gasteiger partial charge is 0.486 e. The van der Waals surface area contributed by atoms with Gasteiger partial charge in [-0.15, -0.1) is 0 Å². The molecule has 2 aromatic heterocycles. The molecule has 3 aromatic rings. The van der Waals surface area contributed by atoms with E-state index in [1.807, 2.05) is 55.6 Å². The number of para-hydroxylation sites is 2. The molecule has 0 fully saturated rings. The number of rotatable bonds is 5. The quantitative estimate of drug-likeness (QED) is 0.633. The van der Waals surface area contributed by atoms with E-state index < -0.39 is 0 Å². The fourth-order valence-corrected chi connectivity index (χ4v) is 3.43. The lowest BCUT2D eigenvalue weighted by Gasteiger charge is -2.26. The average molecular weight is 381 g/mol. The van der Waals surface area contributed by atoms with Gasteiger partial charge in [-0.25, -0.2) is 9.50 Å². The molecule has 1 atom stereocenters. The third-order valence-electron chi connectivity index (χ3n) is 4.86. The van der Waals surface area contributed by atoms with Crippen LogP contribution in [0.1, 0.15) is 29.1 Å². The Balaban J connectivity index is 1.33. The molecule has 0 saturated heterocycles. The van der Waals surface area contributed by atoms with Gasteiger partial charge >= 0.3 is 5.97 Å². The summed E-state index contributed by atoms with van der Waals surface area (Å²) in [5.41, 5.74) is 4.69. The molecule has 0 spiro atoms. The van der Waals surface area contributed by atoms with E-state index in [2.05, 4.69) is 10.1 Å². The number of fused-ring (bicyclic) bond motifs is 2. The summed E-state index contributed by atoms with van der Waals surface area (Å²) >= 11 is 0. The third kappa shape index (κ3) is 3.65. The van der Waals surface area contributed by atoms with Crippen LogP contribution in [-0.2, 0) is 16.0 Å². The van der Waals surface area contributed by atoms with Crippen molar-refractivity contribution in [2.24, 2.45) is 0 Å². The average Bonchev–Trinajstić information content (AvgIpc) is 3.06. The summed E-state index contributed by atoms with van der Waals surface area (Å²) in [4.78, 5) is 16.8. The van der Waals surface area contributed by atoms with Crippen LogP contribution >= 0.6 is 0 Å². The lowest BCUT2D eigenvalue weighted by Crippen LogP contribution is -2.34. The zero-order chi connectivity index (χ0) is 19.7. The van der Waals surface area contributed by atoms with Crippen molar-refractivity contribution in [1.82, 2.24) is 14.6 Å². The zero-order valence-electron chi connectivity index (χ0n) is 16.3. The maximum atomic E-state index is 12.2. The highest BCUT2D eigenvalue weighted by molar-refractivity contribution is 5.70. The Labute approximate surface area is 163 Å². The molecule has 0 radical (unpaired) electrons. The topological polar surface area (TPSA) is 75.0 Å². The first-order valence-electron chi connectivity index (χ1n) is 9.38. The van der Waals surface area contributed by atoms with Crippen LogP contribution < -0.4 is 9.47 Å². The SMILES string of the molecule is Cc1cc2nc(C)c(CCC(=O)OCC3COc4ccccc4O3)c(C)n2n1. The normalized spacial score (nSPS) is 15.6. The van der Waals surface area contributed by atoms with Gasteiger partial charge in [0.25, 0.3) is 0 Å². The molecule has 4 rings (SSSR count). The van der Waals surface area contributed by atoms with Crippen LogP contribution in [0.3, 0.4) is 0 Å². The summed E-state index contributed by atoms with van der Waals surface area (Å²) in [6.07, 6.45) is 0.537. The molecule has 7 heteroatoms. The maximum Gasteiger partial charge on any atom is 0.306 e. The second kappa shape index (κ2) is 7.50. The number of ether oxygens (including phenoxy) is 3. The molecule has 1 aromatic carbocycles. The number of benzene rings is 1. The summed E-state index contributed by atoms with van der Waals surface area (Å²) in [5.74, 6) is 1.13. The molecule has 28 heavy (non-hydrogen) atoms. The second-order valence-electron chi connectivity index (χ2n) is 7.00. The number of carbonyl (C=O) groups excluding carboxylic acids is 1. The Kier molecular flexibility index (Phi) is 4.90. The minimum absolute atomic E-state index is 0.167. The number of nitrogens with zero attached hydrogens (tertiary/aromatic N) is 3. The number of hydrogen-bond acceptors (Lipinski definition) is 6. The van der Waals surface area contributed by atoms with E-state index in [4.69, 9.17) is 14.2 Å². The molecule has 1 unspecified atom stereocenters. The predicted molar refractivity (Wildman–Crippen MR) is 103 cm³/mol. The van der Waals surface area contributed by atoms with Crippen molar-refractivity contribution in [1.29, 1.82) is 0 Å². The van der Waals surface area contributed by atoms with E-state index in [0.29, 0.717) is 24.5 Å². The first kappa shape index (κ1) is 18.3. The van der Waals surface area contributed by atoms with Gasteiger partial charge in [0.05, 0.1) is 5.69 Å². The molecule has 1 aliphatic rings. The summed E-state index contributed by atoms with van der Waals surface area (Å²) < 4.78 is 18.7. The molecule has 7 nitrogen and oxygen atoms in total. The molecule has 146 valence electrons. The lowest BCUT2D eigenvalue weighted by atomic mass is 10.1. The predicted octanol–water partition coefficient (Wildman–Crippen LogP) is 2.97. The van der Waals surface area contributed by atoms with Gasteiger partial charge in [0, 0.05) is 23.9 Å². The molecule has 1 aliphatic heterocycles. The first-order valence-corrected chi connectivity index (χ1v) is 9.38. The van der Waals surface area contributed by atoms with Gasteiger partial charge in [0.2, 0.25) is 0 Å². The van der Waals surface area contributed by atoms with Crippen molar-refractivity contribution in [2.45, 2.75) is 39.7 Å². The van der Waals surface area contributed by atoms with Gasteiger partial charge in [0.15, 0.2) is 23.3 Å². The zero-order valence-corrected chi connectivity index (χ0v) is 16.3. The molecule has 0 saturated carbocycles. The van der Waals surface area contributed by atoms with Gasteiger partial charge in [-0.3, -0.25) is 4.79 Å². The number of esters is 1. The van der Waals surface area contributed by atoms with Gasteiger partial charge in [-0.1, -0.05) is 12.1 Å². The maximum absolute atomic E-state index is 12.2. The second-order valence-corrected chi connectivity index (χ2v) is 7.00. The van der Waals surface area contributed by atoms with Crippen molar-refractivity contribution in [3.8, 4) is 11.5 Å². The number of hydrogen-bond donors (Lipinski definition) is 0. The van der Waals surface area contributed by atoms with Crippen molar-refractivity contribution >= 4 is 11.6 Å².